The van der Waals surface area contributed by atoms with Crippen LogP contribution in [0.25, 0.3) is 5.57 Å². The van der Waals surface area contributed by atoms with E-state index in [0.717, 1.165) is 56.2 Å². The number of hydrogen-bond donors (Lipinski definition) is 0. The monoisotopic (exact) mass is 428 g/mol. The Labute approximate surface area is 171 Å². The maximum absolute atomic E-state index is 14.5. The largest absolute Gasteiger partial charge is 0.429 e. The fourth-order valence-electron chi connectivity index (χ4n) is 3.65. The first-order chi connectivity index (χ1) is 14.2. The van der Waals surface area contributed by atoms with Crippen LogP contribution >= 0.6 is 0 Å². The summed E-state index contributed by atoms with van der Waals surface area (Å²) in [6.45, 7) is 2.14. The number of benzene rings is 2. The minimum Gasteiger partial charge on any atom is -0.429 e. The maximum Gasteiger partial charge on any atom is 0.429 e. The lowest BCUT2D eigenvalue weighted by Gasteiger charge is -2.23. The normalized spacial score (nSPS) is 17.0. The molecule has 0 radical (unpaired) electrons. The molecule has 0 heterocycles. The molecule has 1 nitrogen and oxygen atoms in total. The van der Waals surface area contributed by atoms with Crippen LogP contribution in [0.2, 0.25) is 0 Å². The van der Waals surface area contributed by atoms with Crippen molar-refractivity contribution in [2.75, 3.05) is 0 Å². The zero-order chi connectivity index (χ0) is 21.9. The molecule has 0 bridgehead atoms. The molecule has 0 saturated heterocycles. The second kappa shape index (κ2) is 9.14. The Bertz CT molecular complexity index is 914. The molecular formula is C23H22F6O. The molecule has 1 unspecified atom stereocenters. The van der Waals surface area contributed by atoms with E-state index in [1.807, 2.05) is 6.08 Å². The molecule has 30 heavy (non-hydrogen) atoms. The summed E-state index contributed by atoms with van der Waals surface area (Å²) in [5, 5.41) is 0. The SMILES string of the molecule is CCCCC1CC=C(c2ccc(C(F)(F)Oc3cc(F)c(F)c(F)c3)c(F)c2)CC1. The van der Waals surface area contributed by atoms with Gasteiger partial charge in [-0.3, -0.25) is 0 Å². The maximum atomic E-state index is 14.5. The summed E-state index contributed by atoms with van der Waals surface area (Å²) in [6, 6.07) is 3.84. The van der Waals surface area contributed by atoms with Gasteiger partial charge in [0.05, 0.1) is 5.56 Å². The molecule has 2 aromatic rings. The number of allylic oxidation sites excluding steroid dienone is 2. The van der Waals surface area contributed by atoms with Gasteiger partial charge in [0.15, 0.2) is 17.5 Å². The summed E-state index contributed by atoms with van der Waals surface area (Å²) >= 11 is 0. The molecular weight excluding hydrogens is 406 g/mol. The molecule has 0 fully saturated rings. The lowest BCUT2D eigenvalue weighted by Crippen LogP contribution is -2.23. The highest BCUT2D eigenvalue weighted by molar-refractivity contribution is 5.66. The first-order valence-electron chi connectivity index (χ1n) is 9.92. The number of halogens is 6. The first-order valence-corrected chi connectivity index (χ1v) is 9.92. The van der Waals surface area contributed by atoms with Gasteiger partial charge in [0.1, 0.15) is 11.6 Å². The summed E-state index contributed by atoms with van der Waals surface area (Å²) in [5.74, 6) is -6.73. The van der Waals surface area contributed by atoms with E-state index >= 15 is 0 Å². The highest BCUT2D eigenvalue weighted by Crippen LogP contribution is 2.37. The number of ether oxygens (including phenoxy) is 1. The average molecular weight is 428 g/mol. The topological polar surface area (TPSA) is 9.23 Å². The number of unbranched alkanes of at least 4 members (excludes halogenated alkanes) is 1. The summed E-state index contributed by atoms with van der Waals surface area (Å²) in [4.78, 5) is 0. The van der Waals surface area contributed by atoms with Crippen LogP contribution in [0.5, 0.6) is 5.75 Å². The smallest absolute Gasteiger partial charge is 0.429 e. The lowest BCUT2D eigenvalue weighted by molar-refractivity contribution is -0.187. The Balaban J connectivity index is 1.77. The molecule has 0 spiro atoms. The van der Waals surface area contributed by atoms with Gasteiger partial charge in [-0.05, 0) is 48.4 Å². The molecule has 162 valence electrons. The van der Waals surface area contributed by atoms with Gasteiger partial charge in [-0.2, -0.15) is 8.78 Å². The third-order valence-electron chi connectivity index (χ3n) is 5.34. The van der Waals surface area contributed by atoms with Crippen molar-refractivity contribution in [2.24, 2.45) is 5.92 Å². The summed E-state index contributed by atoms with van der Waals surface area (Å²) in [5.41, 5.74) is 0.341. The van der Waals surface area contributed by atoms with E-state index in [0.29, 0.717) is 11.5 Å². The van der Waals surface area contributed by atoms with Crippen molar-refractivity contribution in [3.8, 4) is 5.75 Å². The Morgan fingerprint density at radius 1 is 1.00 bits per heavy atom. The Morgan fingerprint density at radius 2 is 1.70 bits per heavy atom. The van der Waals surface area contributed by atoms with E-state index in [4.69, 9.17) is 0 Å². The predicted molar refractivity (Wildman–Crippen MR) is 102 cm³/mol. The van der Waals surface area contributed by atoms with Crippen LogP contribution in [0.4, 0.5) is 26.3 Å². The van der Waals surface area contributed by atoms with Gasteiger partial charge in [0, 0.05) is 12.1 Å². The molecule has 1 aliphatic carbocycles. The van der Waals surface area contributed by atoms with Crippen molar-refractivity contribution in [1.82, 2.24) is 0 Å². The minimum atomic E-state index is -4.20. The molecule has 0 aromatic heterocycles. The van der Waals surface area contributed by atoms with Crippen molar-refractivity contribution < 1.29 is 31.1 Å². The molecule has 1 atom stereocenters. The fraction of sp³-hybridized carbons (Fsp3) is 0.391. The van der Waals surface area contributed by atoms with Crippen LogP contribution in [-0.2, 0) is 6.11 Å². The third-order valence-corrected chi connectivity index (χ3v) is 5.34. The van der Waals surface area contributed by atoms with Crippen molar-refractivity contribution in [3.05, 3.63) is 70.8 Å². The Morgan fingerprint density at radius 3 is 2.27 bits per heavy atom. The Hall–Kier alpha value is -2.44. The van der Waals surface area contributed by atoms with Crippen LogP contribution in [0.15, 0.2) is 36.4 Å². The summed E-state index contributed by atoms with van der Waals surface area (Å²) in [6.07, 6.45) is 3.84. The van der Waals surface area contributed by atoms with E-state index < -0.39 is 40.7 Å². The summed E-state index contributed by atoms with van der Waals surface area (Å²) in [7, 11) is 0. The van der Waals surface area contributed by atoms with Gasteiger partial charge in [-0.25, -0.2) is 17.6 Å². The zero-order valence-corrected chi connectivity index (χ0v) is 16.5. The molecule has 7 heteroatoms. The molecule has 0 saturated carbocycles. The van der Waals surface area contributed by atoms with Gasteiger partial charge in [0.25, 0.3) is 0 Å². The number of alkyl halides is 2. The lowest BCUT2D eigenvalue weighted by atomic mass is 9.84. The standard InChI is InChI=1S/C23H22F6O/c1-2-3-4-14-5-7-15(8-6-14)16-9-10-18(19(24)11-16)23(28,29)30-17-12-20(25)22(27)21(26)13-17/h7,9-14H,2-6,8H2,1H3. The van der Waals surface area contributed by atoms with Gasteiger partial charge in [-0.1, -0.05) is 38.3 Å². The van der Waals surface area contributed by atoms with Gasteiger partial charge < -0.3 is 4.74 Å². The quantitative estimate of drug-likeness (QED) is 0.324. The van der Waals surface area contributed by atoms with Crippen LogP contribution in [0.1, 0.15) is 56.6 Å². The molecule has 2 aromatic carbocycles. The average Bonchev–Trinajstić information content (AvgIpc) is 2.70. The van der Waals surface area contributed by atoms with E-state index in [1.54, 1.807) is 0 Å². The van der Waals surface area contributed by atoms with E-state index in [9.17, 15) is 26.3 Å². The summed E-state index contributed by atoms with van der Waals surface area (Å²) < 4.78 is 87.0. The van der Waals surface area contributed by atoms with Gasteiger partial charge in [0.2, 0.25) is 0 Å². The zero-order valence-electron chi connectivity index (χ0n) is 16.5. The molecule has 1 aliphatic rings. The van der Waals surface area contributed by atoms with Crippen LogP contribution in [0, 0.1) is 29.2 Å². The van der Waals surface area contributed by atoms with E-state index in [2.05, 4.69) is 11.7 Å². The van der Waals surface area contributed by atoms with E-state index in [1.165, 1.54) is 6.07 Å². The van der Waals surface area contributed by atoms with E-state index in [-0.39, 0.29) is 12.1 Å². The highest BCUT2D eigenvalue weighted by atomic mass is 19.3. The van der Waals surface area contributed by atoms with Crippen LogP contribution in [-0.4, -0.2) is 0 Å². The number of hydrogen-bond acceptors (Lipinski definition) is 1. The minimum absolute atomic E-state index is 0.278. The fourth-order valence-corrected chi connectivity index (χ4v) is 3.65. The number of rotatable bonds is 7. The van der Waals surface area contributed by atoms with Crippen molar-refractivity contribution >= 4 is 5.57 Å². The van der Waals surface area contributed by atoms with Gasteiger partial charge in [-0.15, -0.1) is 0 Å². The van der Waals surface area contributed by atoms with Crippen LogP contribution < -0.4 is 4.74 Å². The molecule has 0 amide bonds. The Kier molecular flexibility index (Phi) is 6.78. The van der Waals surface area contributed by atoms with Crippen LogP contribution in [0.3, 0.4) is 0 Å². The molecule has 3 rings (SSSR count). The molecule has 0 aliphatic heterocycles. The second-order valence-corrected chi connectivity index (χ2v) is 7.53. The second-order valence-electron chi connectivity index (χ2n) is 7.53. The van der Waals surface area contributed by atoms with Gasteiger partial charge >= 0.3 is 6.11 Å². The van der Waals surface area contributed by atoms with Crippen molar-refractivity contribution in [2.45, 2.75) is 51.6 Å². The predicted octanol–water partition coefficient (Wildman–Crippen LogP) is 7.75. The third kappa shape index (κ3) is 4.99. The van der Waals surface area contributed by atoms with Crippen molar-refractivity contribution in [1.29, 1.82) is 0 Å². The first kappa shape index (κ1) is 22.2. The molecule has 0 N–H and O–H groups in total. The van der Waals surface area contributed by atoms with Crippen molar-refractivity contribution in [3.63, 3.8) is 0 Å². The highest BCUT2D eigenvalue weighted by Gasteiger charge is 2.38.